The summed E-state index contributed by atoms with van der Waals surface area (Å²) >= 11 is 6.55. The van der Waals surface area contributed by atoms with Gasteiger partial charge in [0.2, 0.25) is 0 Å². The second kappa shape index (κ2) is 3.89. The van der Waals surface area contributed by atoms with Crippen LogP contribution in [-0.2, 0) is 0 Å². The zero-order chi connectivity index (χ0) is 8.27. The van der Waals surface area contributed by atoms with Gasteiger partial charge >= 0.3 is 0 Å². The van der Waals surface area contributed by atoms with Gasteiger partial charge in [0.05, 0.1) is 6.07 Å². The van der Waals surface area contributed by atoms with Crippen molar-refractivity contribution in [3.63, 3.8) is 0 Å². The van der Waals surface area contributed by atoms with E-state index in [0.717, 1.165) is 10.0 Å². The maximum absolute atomic E-state index is 8.55. The maximum atomic E-state index is 8.55. The number of nitrogens with zero attached hydrogens (tertiary/aromatic N) is 1. The molecule has 0 aliphatic carbocycles. The Morgan fingerprint density at radius 2 is 1.82 bits per heavy atom. The molecule has 1 atom stereocenters. The predicted octanol–water partition coefficient (Wildman–Crippen LogP) is 3.41. The van der Waals surface area contributed by atoms with Crippen molar-refractivity contribution in [2.45, 2.75) is 4.83 Å². The van der Waals surface area contributed by atoms with Gasteiger partial charge in [-0.05, 0) is 17.7 Å². The van der Waals surface area contributed by atoms with Crippen LogP contribution in [0.5, 0.6) is 0 Å². The van der Waals surface area contributed by atoms with Crippen LogP contribution in [0.2, 0.25) is 0 Å². The van der Waals surface area contributed by atoms with Gasteiger partial charge in [0.25, 0.3) is 0 Å². The van der Waals surface area contributed by atoms with Crippen molar-refractivity contribution in [2.75, 3.05) is 0 Å². The predicted molar refractivity (Wildman–Crippen MR) is 51.4 cm³/mol. The number of rotatable bonds is 1. The third kappa shape index (κ3) is 2.32. The van der Waals surface area contributed by atoms with Crippen molar-refractivity contribution >= 4 is 31.9 Å². The summed E-state index contributed by atoms with van der Waals surface area (Å²) in [4.78, 5) is -0.199. The van der Waals surface area contributed by atoms with Crippen LogP contribution >= 0.6 is 31.9 Å². The van der Waals surface area contributed by atoms with Gasteiger partial charge in [-0.3, -0.25) is 0 Å². The zero-order valence-electron chi connectivity index (χ0n) is 5.59. The summed E-state index contributed by atoms with van der Waals surface area (Å²) in [6, 6.07) is 9.76. The van der Waals surface area contributed by atoms with Crippen LogP contribution in [0.25, 0.3) is 0 Å². The number of benzene rings is 1. The summed E-state index contributed by atoms with van der Waals surface area (Å²) < 4.78 is 1.03. The highest BCUT2D eigenvalue weighted by Gasteiger charge is 2.03. The van der Waals surface area contributed by atoms with Crippen LogP contribution in [0.15, 0.2) is 28.7 Å². The second-order valence-electron chi connectivity index (χ2n) is 2.04. The largest absolute Gasteiger partial charge is 0.197 e. The average molecular weight is 275 g/mol. The fourth-order valence-electron chi connectivity index (χ4n) is 0.706. The molecule has 1 aromatic rings. The molecule has 0 heterocycles. The lowest BCUT2D eigenvalue weighted by molar-refractivity contribution is 1.25. The lowest BCUT2D eigenvalue weighted by atomic mass is 10.2. The Kier molecular flexibility index (Phi) is 3.10. The van der Waals surface area contributed by atoms with Gasteiger partial charge in [-0.15, -0.1) is 0 Å². The van der Waals surface area contributed by atoms with Crippen LogP contribution in [0.1, 0.15) is 10.4 Å². The van der Waals surface area contributed by atoms with Crippen molar-refractivity contribution in [1.82, 2.24) is 0 Å². The molecule has 0 spiro atoms. The third-order valence-electron chi connectivity index (χ3n) is 1.28. The van der Waals surface area contributed by atoms with E-state index in [4.69, 9.17) is 5.26 Å². The molecule has 1 rings (SSSR count). The molecule has 0 N–H and O–H groups in total. The summed E-state index contributed by atoms with van der Waals surface area (Å²) in [5, 5.41) is 8.55. The second-order valence-corrected chi connectivity index (χ2v) is 3.87. The quantitative estimate of drug-likeness (QED) is 0.720. The minimum atomic E-state index is -0.199. The van der Waals surface area contributed by atoms with Crippen LogP contribution in [0.3, 0.4) is 0 Å². The van der Waals surface area contributed by atoms with Crippen molar-refractivity contribution in [1.29, 1.82) is 5.26 Å². The van der Waals surface area contributed by atoms with Crippen LogP contribution in [0.4, 0.5) is 0 Å². The van der Waals surface area contributed by atoms with E-state index in [1.54, 1.807) is 0 Å². The van der Waals surface area contributed by atoms with Gasteiger partial charge in [0, 0.05) is 4.47 Å². The fourth-order valence-corrected chi connectivity index (χ4v) is 1.28. The molecule has 0 amide bonds. The Hall–Kier alpha value is -0.330. The molecule has 1 aromatic carbocycles. The van der Waals surface area contributed by atoms with Crippen LogP contribution in [-0.4, -0.2) is 0 Å². The lowest BCUT2D eigenvalue weighted by Crippen LogP contribution is -1.83. The van der Waals surface area contributed by atoms with E-state index < -0.39 is 0 Å². The molecular weight excluding hydrogens is 270 g/mol. The molecule has 0 bridgehead atoms. The first-order chi connectivity index (χ1) is 5.24. The Bertz CT molecular complexity index is 273. The Morgan fingerprint density at radius 3 is 2.27 bits per heavy atom. The van der Waals surface area contributed by atoms with Gasteiger partial charge in [-0.2, -0.15) is 5.26 Å². The monoisotopic (exact) mass is 273 g/mol. The highest BCUT2D eigenvalue weighted by atomic mass is 79.9. The molecule has 0 aromatic heterocycles. The van der Waals surface area contributed by atoms with Gasteiger partial charge in [-0.1, -0.05) is 44.0 Å². The Morgan fingerprint density at radius 1 is 1.27 bits per heavy atom. The number of hydrogen-bond acceptors (Lipinski definition) is 1. The van der Waals surface area contributed by atoms with E-state index in [1.807, 2.05) is 24.3 Å². The number of nitriles is 1. The molecule has 0 aliphatic heterocycles. The van der Waals surface area contributed by atoms with Gasteiger partial charge < -0.3 is 0 Å². The first-order valence-corrected chi connectivity index (χ1v) is 4.74. The standard InChI is InChI=1S/C8H5Br2N/c9-7-3-1-6(2-4-7)8(10)5-11/h1-4,8H. The van der Waals surface area contributed by atoms with E-state index in [-0.39, 0.29) is 4.83 Å². The molecule has 0 fully saturated rings. The first-order valence-electron chi connectivity index (χ1n) is 3.03. The molecule has 0 radical (unpaired) electrons. The fraction of sp³-hybridized carbons (Fsp3) is 0.125. The molecule has 56 valence electrons. The van der Waals surface area contributed by atoms with Crippen LogP contribution < -0.4 is 0 Å². The summed E-state index contributed by atoms with van der Waals surface area (Å²) in [7, 11) is 0. The highest BCUT2D eigenvalue weighted by Crippen LogP contribution is 2.22. The first kappa shape index (κ1) is 8.76. The van der Waals surface area contributed by atoms with Gasteiger partial charge in [0.15, 0.2) is 0 Å². The van der Waals surface area contributed by atoms with E-state index in [9.17, 15) is 0 Å². The molecular formula is C8H5Br2N. The minimum Gasteiger partial charge on any atom is -0.197 e. The van der Waals surface area contributed by atoms with Crippen molar-refractivity contribution in [3.8, 4) is 6.07 Å². The van der Waals surface area contributed by atoms with Gasteiger partial charge in [-0.25, -0.2) is 0 Å². The van der Waals surface area contributed by atoms with Crippen molar-refractivity contribution < 1.29 is 0 Å². The van der Waals surface area contributed by atoms with E-state index in [0.29, 0.717) is 0 Å². The summed E-state index contributed by atoms with van der Waals surface area (Å²) in [5.74, 6) is 0. The number of halogens is 2. The van der Waals surface area contributed by atoms with Crippen molar-refractivity contribution in [2.24, 2.45) is 0 Å². The summed E-state index contributed by atoms with van der Waals surface area (Å²) in [6.45, 7) is 0. The smallest absolute Gasteiger partial charge is 0.126 e. The maximum Gasteiger partial charge on any atom is 0.126 e. The molecule has 1 unspecified atom stereocenters. The zero-order valence-corrected chi connectivity index (χ0v) is 8.76. The summed E-state index contributed by atoms with van der Waals surface area (Å²) in [6.07, 6.45) is 0. The minimum absolute atomic E-state index is 0.199. The molecule has 0 saturated carbocycles. The Balaban J connectivity index is 2.92. The van der Waals surface area contributed by atoms with Crippen LogP contribution in [0, 0.1) is 11.3 Å². The summed E-state index contributed by atoms with van der Waals surface area (Å²) in [5.41, 5.74) is 0.982. The molecule has 3 heteroatoms. The Labute approximate surface area is 82.3 Å². The van der Waals surface area contributed by atoms with E-state index in [1.165, 1.54) is 0 Å². The number of hydrogen-bond donors (Lipinski definition) is 0. The molecule has 11 heavy (non-hydrogen) atoms. The van der Waals surface area contributed by atoms with Crippen molar-refractivity contribution in [3.05, 3.63) is 34.3 Å². The number of alkyl halides is 1. The molecule has 0 saturated heterocycles. The average Bonchev–Trinajstić information content (AvgIpc) is 2.05. The normalized spacial score (nSPS) is 12.1. The lowest BCUT2D eigenvalue weighted by Gasteiger charge is -1.99. The molecule has 1 nitrogen and oxygen atoms in total. The SMILES string of the molecule is N#CC(Br)c1ccc(Br)cc1. The molecule has 0 aliphatic rings. The topological polar surface area (TPSA) is 23.8 Å². The highest BCUT2D eigenvalue weighted by molar-refractivity contribution is 9.10. The van der Waals surface area contributed by atoms with Gasteiger partial charge in [0.1, 0.15) is 4.83 Å². The van der Waals surface area contributed by atoms with E-state index in [2.05, 4.69) is 37.9 Å². The van der Waals surface area contributed by atoms with E-state index >= 15 is 0 Å². The third-order valence-corrected chi connectivity index (χ3v) is 2.54.